The van der Waals surface area contributed by atoms with E-state index in [1.54, 1.807) is 60.7 Å². The summed E-state index contributed by atoms with van der Waals surface area (Å²) in [6.07, 6.45) is -11.3. The zero-order chi connectivity index (χ0) is 27.6. The van der Waals surface area contributed by atoms with Gasteiger partial charge in [-0.2, -0.15) is 18.2 Å². The van der Waals surface area contributed by atoms with Crippen LogP contribution in [0, 0.1) is 5.92 Å². The van der Waals surface area contributed by atoms with Crippen LogP contribution in [0.1, 0.15) is 25.0 Å². The number of hydroxylamine groups is 2. The number of ether oxygens (including phenoxy) is 4. The third-order valence-corrected chi connectivity index (χ3v) is 7.52. The van der Waals surface area contributed by atoms with E-state index in [9.17, 15) is 9.59 Å². The molecule has 0 aromatic heterocycles. The van der Waals surface area contributed by atoms with Crippen LogP contribution in [0.4, 0.5) is 13.2 Å². The number of carbonyl (C=O) groups is 2. The first-order valence-electron chi connectivity index (χ1n) is 12.6. The number of hydrogen-bond donors (Lipinski definition) is 1. The summed E-state index contributed by atoms with van der Waals surface area (Å²) >= 11 is 0. The van der Waals surface area contributed by atoms with Crippen molar-refractivity contribution < 1.29 is 46.5 Å². The van der Waals surface area contributed by atoms with Gasteiger partial charge < -0.3 is 18.9 Å². The highest BCUT2D eigenvalue weighted by Crippen LogP contribution is 2.56. The van der Waals surface area contributed by atoms with Gasteiger partial charge in [-0.3, -0.25) is 19.7 Å². The van der Waals surface area contributed by atoms with Gasteiger partial charge in [-0.25, -0.2) is 0 Å². The number of amides is 2. The van der Waals surface area contributed by atoms with Crippen LogP contribution in [-0.2, 0) is 46.5 Å². The van der Waals surface area contributed by atoms with E-state index in [2.05, 4.69) is 5.32 Å². The van der Waals surface area contributed by atoms with Crippen molar-refractivity contribution in [3.05, 3.63) is 71.8 Å². The maximum absolute atomic E-state index is 15.4. The molecule has 1 N–H and O–H groups in total. The summed E-state index contributed by atoms with van der Waals surface area (Å²) in [6.45, 7) is 2.55. The molecular weight excluding hydrogens is 521 g/mol. The van der Waals surface area contributed by atoms with Gasteiger partial charge in [-0.05, 0) is 25.0 Å². The Kier molecular flexibility index (Phi) is 6.32. The molecule has 208 valence electrons. The summed E-state index contributed by atoms with van der Waals surface area (Å²) in [4.78, 5) is 31.3. The van der Waals surface area contributed by atoms with Gasteiger partial charge in [0.15, 0.2) is 24.3 Å². The van der Waals surface area contributed by atoms with E-state index < -0.39 is 72.5 Å². The fourth-order valence-electron chi connectivity index (χ4n) is 5.87. The van der Waals surface area contributed by atoms with Crippen molar-refractivity contribution in [2.45, 2.75) is 75.2 Å². The van der Waals surface area contributed by atoms with Crippen molar-refractivity contribution in [1.29, 1.82) is 0 Å². The Hall–Kier alpha value is -2.87. The Morgan fingerprint density at radius 1 is 0.923 bits per heavy atom. The molecule has 12 heteroatoms. The fraction of sp³-hybridized carbons (Fsp3) is 0.481. The zero-order valence-corrected chi connectivity index (χ0v) is 21.1. The van der Waals surface area contributed by atoms with Gasteiger partial charge in [0.05, 0.1) is 18.6 Å². The zero-order valence-electron chi connectivity index (χ0n) is 21.1. The van der Waals surface area contributed by atoms with E-state index in [4.69, 9.17) is 23.8 Å². The lowest BCUT2D eigenvalue weighted by atomic mass is 9.81. The first-order valence-corrected chi connectivity index (χ1v) is 12.6. The minimum Gasteiger partial charge on any atom is -0.356 e. The minimum absolute atomic E-state index is 0.00586. The molecule has 4 saturated heterocycles. The number of nitrogens with one attached hydrogen (secondary N) is 1. The quantitative estimate of drug-likeness (QED) is 0.551. The first kappa shape index (κ1) is 26.4. The Morgan fingerprint density at radius 2 is 1.56 bits per heavy atom. The molecule has 4 fully saturated rings. The molecule has 2 amide bonds. The average molecular weight is 549 g/mol. The largest absolute Gasteiger partial charge is 0.422 e. The fourth-order valence-corrected chi connectivity index (χ4v) is 5.87. The molecule has 0 aliphatic carbocycles. The Balaban J connectivity index is 1.45. The first-order chi connectivity index (χ1) is 18.5. The molecule has 0 saturated carbocycles. The number of rotatable bonds is 6. The Morgan fingerprint density at radius 3 is 2.21 bits per heavy atom. The number of imide groups is 1. The highest BCUT2D eigenvalue weighted by Gasteiger charge is 2.79. The standard InChI is InChI=1S/C27H27F3N2O7/c1-25(2)37-21-24(38-25)36-20(26(21,27(28,29)30)35-14-16-11-7-4-8-12-16)18-17-19(23(34)31-22(17)33)39-32(18)13-15-9-5-3-6-10-15/h3-12,17-21,24H,13-14H2,1-2H3,(H,31,33,34)/t17-,18+,19+,20-,21+,24-,26+/m1/s1. The van der Waals surface area contributed by atoms with Crippen LogP contribution >= 0.6 is 0 Å². The molecule has 4 aliphatic heterocycles. The van der Waals surface area contributed by atoms with E-state index in [0.29, 0.717) is 11.1 Å². The molecular formula is C27H27F3N2O7. The highest BCUT2D eigenvalue weighted by atomic mass is 19.4. The molecule has 2 aromatic rings. The van der Waals surface area contributed by atoms with Crippen LogP contribution in [0.5, 0.6) is 0 Å². The molecule has 0 unspecified atom stereocenters. The van der Waals surface area contributed by atoms with Crippen LogP contribution < -0.4 is 5.32 Å². The minimum atomic E-state index is -5.04. The monoisotopic (exact) mass is 548 g/mol. The molecule has 9 nitrogen and oxygen atoms in total. The SMILES string of the molecule is CC1(C)O[C@H]2O[C@H]([C@@H]3[C@H]4C(=O)NC(=O)[C@H]4ON3Cc3ccccc3)[C@@](OCc3ccccc3)(C(F)(F)F)[C@H]2O1. The number of fused-ring (bicyclic) bond motifs is 2. The predicted octanol–water partition coefficient (Wildman–Crippen LogP) is 2.84. The number of carbonyl (C=O) groups excluding carboxylic acids is 2. The van der Waals surface area contributed by atoms with Gasteiger partial charge in [-0.15, -0.1) is 0 Å². The van der Waals surface area contributed by atoms with Gasteiger partial charge in [0.25, 0.3) is 5.91 Å². The lowest BCUT2D eigenvalue weighted by Crippen LogP contribution is -2.66. The van der Waals surface area contributed by atoms with Crippen LogP contribution in [0.15, 0.2) is 60.7 Å². The van der Waals surface area contributed by atoms with Gasteiger partial charge in [0, 0.05) is 6.54 Å². The van der Waals surface area contributed by atoms with E-state index in [0.717, 1.165) is 0 Å². The number of alkyl halides is 3. The van der Waals surface area contributed by atoms with Crippen LogP contribution in [0.3, 0.4) is 0 Å². The molecule has 0 bridgehead atoms. The summed E-state index contributed by atoms with van der Waals surface area (Å²) in [6, 6.07) is 15.9. The molecule has 0 spiro atoms. The van der Waals surface area contributed by atoms with Gasteiger partial charge >= 0.3 is 6.18 Å². The highest BCUT2D eigenvalue weighted by molar-refractivity contribution is 6.07. The maximum atomic E-state index is 15.4. The summed E-state index contributed by atoms with van der Waals surface area (Å²) in [5.41, 5.74) is -1.87. The molecule has 7 atom stereocenters. The maximum Gasteiger partial charge on any atom is 0.422 e. The summed E-state index contributed by atoms with van der Waals surface area (Å²) in [5.74, 6) is -4.13. The number of benzene rings is 2. The van der Waals surface area contributed by atoms with Crippen LogP contribution in [0.2, 0.25) is 0 Å². The second-order valence-electron chi connectivity index (χ2n) is 10.5. The van der Waals surface area contributed by atoms with E-state index >= 15 is 13.2 Å². The van der Waals surface area contributed by atoms with E-state index in [1.165, 1.54) is 18.9 Å². The van der Waals surface area contributed by atoms with Crippen LogP contribution in [0.25, 0.3) is 0 Å². The van der Waals surface area contributed by atoms with Crippen molar-refractivity contribution in [1.82, 2.24) is 10.4 Å². The predicted molar refractivity (Wildman–Crippen MR) is 126 cm³/mol. The van der Waals surface area contributed by atoms with E-state index in [-0.39, 0.29) is 6.54 Å². The molecule has 0 radical (unpaired) electrons. The molecule has 4 heterocycles. The summed E-state index contributed by atoms with van der Waals surface area (Å²) in [5, 5.41) is 3.40. The third kappa shape index (κ3) is 4.35. The summed E-state index contributed by atoms with van der Waals surface area (Å²) < 4.78 is 69.6. The second-order valence-corrected chi connectivity index (χ2v) is 10.5. The lowest BCUT2D eigenvalue weighted by Gasteiger charge is -2.43. The van der Waals surface area contributed by atoms with Crippen LogP contribution in [-0.4, -0.2) is 65.1 Å². The van der Waals surface area contributed by atoms with E-state index in [1.807, 2.05) is 0 Å². The lowest BCUT2D eigenvalue weighted by molar-refractivity contribution is -0.342. The third-order valence-electron chi connectivity index (χ3n) is 7.52. The van der Waals surface area contributed by atoms with Gasteiger partial charge in [0.1, 0.15) is 6.10 Å². The second kappa shape index (κ2) is 9.36. The van der Waals surface area contributed by atoms with Gasteiger partial charge in [-0.1, -0.05) is 60.7 Å². The van der Waals surface area contributed by atoms with Crippen molar-refractivity contribution in [3.63, 3.8) is 0 Å². The Labute approximate surface area is 222 Å². The number of hydrogen-bond acceptors (Lipinski definition) is 8. The molecule has 2 aromatic carbocycles. The normalized spacial score (nSPS) is 35.7. The molecule has 39 heavy (non-hydrogen) atoms. The van der Waals surface area contributed by atoms with Crippen molar-refractivity contribution >= 4 is 11.8 Å². The van der Waals surface area contributed by atoms with Gasteiger partial charge in [0.2, 0.25) is 11.5 Å². The van der Waals surface area contributed by atoms with Crippen molar-refractivity contribution in [2.75, 3.05) is 0 Å². The van der Waals surface area contributed by atoms with Crippen molar-refractivity contribution in [2.24, 2.45) is 5.92 Å². The average Bonchev–Trinajstić information content (AvgIpc) is 3.56. The number of halogens is 3. The topological polar surface area (TPSA) is 95.6 Å². The van der Waals surface area contributed by atoms with Crippen molar-refractivity contribution in [3.8, 4) is 0 Å². The number of nitrogens with zero attached hydrogens (tertiary/aromatic N) is 1. The summed E-state index contributed by atoms with van der Waals surface area (Å²) in [7, 11) is 0. The molecule has 6 rings (SSSR count). The smallest absolute Gasteiger partial charge is 0.356 e. The Bertz CT molecular complexity index is 1240. The molecule has 4 aliphatic rings.